The zero-order valence-corrected chi connectivity index (χ0v) is 20.5. The van der Waals surface area contributed by atoms with Gasteiger partial charge in [-0.3, -0.25) is 0 Å². The highest BCUT2D eigenvalue weighted by atomic mass is 19.4. The molecule has 0 atom stereocenters. The number of ether oxygens (including phenoxy) is 3. The SMILES string of the molecule is O=C(Oc1ccc(OC(=O)c2ccc(C(F)(F)F)cc2)cc1)c1ccc(OC(=O)c2ccc(C(F)(F)F)cc2)cc1. The van der Waals surface area contributed by atoms with Crippen LogP contribution in [0.5, 0.6) is 17.2 Å². The van der Waals surface area contributed by atoms with E-state index in [9.17, 15) is 40.7 Å². The first-order valence-corrected chi connectivity index (χ1v) is 11.5. The van der Waals surface area contributed by atoms with Gasteiger partial charge < -0.3 is 14.2 Å². The maximum absolute atomic E-state index is 12.7. The van der Waals surface area contributed by atoms with Gasteiger partial charge in [0.2, 0.25) is 0 Å². The largest absolute Gasteiger partial charge is 0.423 e. The van der Waals surface area contributed by atoms with Crippen molar-refractivity contribution in [3.8, 4) is 17.2 Å². The molecule has 4 rings (SSSR count). The van der Waals surface area contributed by atoms with Crippen LogP contribution in [0, 0.1) is 0 Å². The van der Waals surface area contributed by atoms with Crippen molar-refractivity contribution in [3.63, 3.8) is 0 Å². The van der Waals surface area contributed by atoms with Crippen LogP contribution in [-0.4, -0.2) is 17.9 Å². The van der Waals surface area contributed by atoms with Crippen molar-refractivity contribution in [2.24, 2.45) is 0 Å². The molecule has 0 unspecified atom stereocenters. The van der Waals surface area contributed by atoms with Gasteiger partial charge in [0.05, 0.1) is 27.8 Å². The van der Waals surface area contributed by atoms with Crippen LogP contribution in [0.15, 0.2) is 97.1 Å². The Balaban J connectivity index is 1.31. The van der Waals surface area contributed by atoms with Gasteiger partial charge in [-0.1, -0.05) is 0 Å². The molecule has 0 heterocycles. The highest BCUT2D eigenvalue weighted by molar-refractivity contribution is 5.93. The predicted molar refractivity (Wildman–Crippen MR) is 131 cm³/mol. The van der Waals surface area contributed by atoms with Gasteiger partial charge in [-0.15, -0.1) is 0 Å². The summed E-state index contributed by atoms with van der Waals surface area (Å²) in [6.07, 6.45) is -9.08. The first kappa shape index (κ1) is 28.9. The number of carbonyl (C=O) groups excluding carboxylic acids is 3. The molecule has 0 aromatic heterocycles. The number of esters is 3. The van der Waals surface area contributed by atoms with Crippen LogP contribution in [0.2, 0.25) is 0 Å². The smallest absolute Gasteiger partial charge is 0.416 e. The Morgan fingerprint density at radius 3 is 0.854 bits per heavy atom. The fourth-order valence-corrected chi connectivity index (χ4v) is 3.32. The minimum Gasteiger partial charge on any atom is -0.423 e. The van der Waals surface area contributed by atoms with Gasteiger partial charge in [0.1, 0.15) is 17.2 Å². The Hall–Kier alpha value is -5.13. The minimum absolute atomic E-state index is 0.0330. The molecule has 0 aliphatic heterocycles. The van der Waals surface area contributed by atoms with Crippen molar-refractivity contribution in [2.45, 2.75) is 12.4 Å². The predicted octanol–water partition coefficient (Wildman–Crippen LogP) is 7.38. The van der Waals surface area contributed by atoms with Crippen LogP contribution in [0.4, 0.5) is 26.3 Å². The summed E-state index contributed by atoms with van der Waals surface area (Å²) in [6, 6.07) is 17.4. The lowest BCUT2D eigenvalue weighted by Crippen LogP contribution is -2.11. The molecule has 0 saturated heterocycles. The molecule has 0 aliphatic carbocycles. The second-order valence-electron chi connectivity index (χ2n) is 8.31. The second-order valence-corrected chi connectivity index (χ2v) is 8.31. The number of rotatable bonds is 6. The van der Waals surface area contributed by atoms with Crippen molar-refractivity contribution in [1.82, 2.24) is 0 Å². The van der Waals surface area contributed by atoms with Gasteiger partial charge in [-0.05, 0) is 97.1 Å². The third-order valence-corrected chi connectivity index (χ3v) is 5.44. The summed E-state index contributed by atoms with van der Waals surface area (Å²) in [5, 5.41) is 0. The molecule has 0 N–H and O–H groups in total. The lowest BCUT2D eigenvalue weighted by Gasteiger charge is -2.09. The Kier molecular flexibility index (Phi) is 8.13. The van der Waals surface area contributed by atoms with Crippen LogP contribution in [0.3, 0.4) is 0 Å². The fraction of sp³-hybridized carbons (Fsp3) is 0.0690. The van der Waals surface area contributed by atoms with Crippen LogP contribution < -0.4 is 14.2 Å². The molecule has 210 valence electrons. The van der Waals surface area contributed by atoms with Crippen molar-refractivity contribution in [1.29, 1.82) is 0 Å². The normalized spacial score (nSPS) is 11.5. The maximum Gasteiger partial charge on any atom is 0.416 e. The molecule has 0 fully saturated rings. The van der Waals surface area contributed by atoms with Crippen LogP contribution in [-0.2, 0) is 12.4 Å². The van der Waals surface area contributed by atoms with E-state index >= 15 is 0 Å². The average Bonchev–Trinajstić information content (AvgIpc) is 2.93. The van der Waals surface area contributed by atoms with Crippen LogP contribution in [0.1, 0.15) is 42.2 Å². The van der Waals surface area contributed by atoms with Crippen molar-refractivity contribution in [3.05, 3.63) is 125 Å². The molecule has 12 heteroatoms. The van der Waals surface area contributed by atoms with Gasteiger partial charge in [0, 0.05) is 0 Å². The molecule has 4 aromatic carbocycles. The highest BCUT2D eigenvalue weighted by Crippen LogP contribution is 2.30. The third-order valence-electron chi connectivity index (χ3n) is 5.44. The maximum atomic E-state index is 12.7. The molecule has 0 amide bonds. The number of alkyl halides is 6. The molecule has 0 radical (unpaired) electrons. The van der Waals surface area contributed by atoms with Gasteiger partial charge in [0.15, 0.2) is 0 Å². The molecular formula is C29H16F6O6. The lowest BCUT2D eigenvalue weighted by atomic mass is 10.1. The van der Waals surface area contributed by atoms with Gasteiger partial charge in [-0.25, -0.2) is 14.4 Å². The molecule has 4 aromatic rings. The molecule has 0 bridgehead atoms. The highest BCUT2D eigenvalue weighted by Gasteiger charge is 2.31. The van der Waals surface area contributed by atoms with Crippen LogP contribution >= 0.6 is 0 Å². The molecular weight excluding hydrogens is 558 g/mol. The molecule has 41 heavy (non-hydrogen) atoms. The Morgan fingerprint density at radius 1 is 0.390 bits per heavy atom. The second kappa shape index (κ2) is 11.5. The van der Waals surface area contributed by atoms with E-state index in [0.29, 0.717) is 0 Å². The quantitative estimate of drug-likeness (QED) is 0.136. The summed E-state index contributed by atoms with van der Waals surface area (Å²) in [5.74, 6) is -2.39. The Labute approximate surface area is 227 Å². The summed E-state index contributed by atoms with van der Waals surface area (Å²) in [4.78, 5) is 36.8. The van der Waals surface area contributed by atoms with Crippen molar-refractivity contribution in [2.75, 3.05) is 0 Å². The lowest BCUT2D eigenvalue weighted by molar-refractivity contribution is -0.138. The Bertz CT molecular complexity index is 1540. The van der Waals surface area contributed by atoms with Crippen LogP contribution in [0.25, 0.3) is 0 Å². The topological polar surface area (TPSA) is 78.9 Å². The summed E-state index contributed by atoms with van der Waals surface area (Å²) in [7, 11) is 0. The standard InChI is InChI=1S/C29H16F6O6/c30-28(31,32)20-7-1-17(2-8-20)25(36)39-22-11-5-19(6-12-22)27(38)41-24-15-13-23(14-16-24)40-26(37)18-3-9-21(10-4-18)29(33,34)35/h1-16H. The van der Waals surface area contributed by atoms with Gasteiger partial charge >= 0.3 is 30.3 Å². The molecule has 0 spiro atoms. The van der Waals surface area contributed by atoms with Gasteiger partial charge in [0.25, 0.3) is 0 Å². The summed E-state index contributed by atoms with van der Waals surface area (Å²) < 4.78 is 91.5. The number of benzene rings is 4. The molecule has 0 aliphatic rings. The Morgan fingerprint density at radius 2 is 0.610 bits per heavy atom. The zero-order valence-electron chi connectivity index (χ0n) is 20.5. The van der Waals surface area contributed by atoms with E-state index in [2.05, 4.69) is 0 Å². The van der Waals surface area contributed by atoms with E-state index in [-0.39, 0.29) is 33.9 Å². The fourth-order valence-electron chi connectivity index (χ4n) is 3.32. The number of hydrogen-bond acceptors (Lipinski definition) is 6. The van der Waals surface area contributed by atoms with E-state index in [0.717, 1.165) is 48.5 Å². The van der Waals surface area contributed by atoms with E-state index in [4.69, 9.17) is 14.2 Å². The first-order valence-electron chi connectivity index (χ1n) is 11.5. The monoisotopic (exact) mass is 574 g/mol. The average molecular weight is 574 g/mol. The van der Waals surface area contributed by atoms with E-state index in [1.54, 1.807) is 0 Å². The number of hydrogen-bond donors (Lipinski definition) is 0. The van der Waals surface area contributed by atoms with E-state index < -0.39 is 41.4 Å². The number of halogens is 6. The minimum atomic E-state index is -4.54. The zero-order chi connectivity index (χ0) is 29.8. The third kappa shape index (κ3) is 7.50. The van der Waals surface area contributed by atoms with E-state index in [1.807, 2.05) is 0 Å². The van der Waals surface area contributed by atoms with Crippen molar-refractivity contribution >= 4 is 17.9 Å². The summed E-state index contributed by atoms with van der Waals surface area (Å²) >= 11 is 0. The summed E-state index contributed by atoms with van der Waals surface area (Å²) in [5.41, 5.74) is -1.94. The van der Waals surface area contributed by atoms with Gasteiger partial charge in [-0.2, -0.15) is 26.3 Å². The first-order chi connectivity index (χ1) is 19.3. The van der Waals surface area contributed by atoms with Crippen molar-refractivity contribution < 1.29 is 54.9 Å². The molecule has 0 saturated carbocycles. The summed E-state index contributed by atoms with van der Waals surface area (Å²) in [6.45, 7) is 0. The number of carbonyl (C=O) groups is 3. The molecule has 6 nitrogen and oxygen atoms in total. The van der Waals surface area contributed by atoms with E-state index in [1.165, 1.54) is 48.5 Å².